The summed E-state index contributed by atoms with van der Waals surface area (Å²) in [7, 11) is -4.01. The first-order valence-corrected chi connectivity index (χ1v) is 11.9. The van der Waals surface area contributed by atoms with E-state index in [0.29, 0.717) is 29.6 Å². The highest BCUT2D eigenvalue weighted by Crippen LogP contribution is 2.32. The molecule has 1 amide bonds. The van der Waals surface area contributed by atoms with Crippen LogP contribution >= 0.6 is 11.6 Å². The molecule has 3 heterocycles. The van der Waals surface area contributed by atoms with Crippen molar-refractivity contribution in [3.8, 4) is 11.3 Å². The number of benzene rings is 1. The lowest BCUT2D eigenvalue weighted by Crippen LogP contribution is -2.48. The van der Waals surface area contributed by atoms with Gasteiger partial charge in [0.15, 0.2) is 5.03 Å². The average Bonchev–Trinajstić information content (AvgIpc) is 2.76. The van der Waals surface area contributed by atoms with E-state index in [2.05, 4.69) is 20.0 Å². The molecule has 3 aromatic rings. The van der Waals surface area contributed by atoms with Gasteiger partial charge in [0.05, 0.1) is 17.3 Å². The maximum absolute atomic E-state index is 13.0. The Morgan fingerprint density at radius 3 is 2.47 bits per heavy atom. The van der Waals surface area contributed by atoms with Crippen molar-refractivity contribution >= 4 is 39.2 Å². The number of amides is 1. The molecule has 32 heavy (non-hydrogen) atoms. The minimum absolute atomic E-state index is 0.127. The highest BCUT2D eigenvalue weighted by atomic mass is 35.5. The molecule has 4 rings (SSSR count). The Balaban J connectivity index is 1.65. The van der Waals surface area contributed by atoms with Crippen LogP contribution < -0.4 is 14.9 Å². The minimum Gasteiger partial charge on any atom is -0.353 e. The van der Waals surface area contributed by atoms with Gasteiger partial charge in [-0.1, -0.05) is 35.9 Å². The van der Waals surface area contributed by atoms with Gasteiger partial charge in [-0.15, -0.1) is 0 Å². The van der Waals surface area contributed by atoms with Crippen molar-refractivity contribution in [3.05, 3.63) is 64.7 Å². The van der Waals surface area contributed by atoms with Crippen LogP contribution in [0.4, 0.5) is 11.6 Å². The number of nitrogens with zero attached hydrogens (tertiary/aromatic N) is 3. The van der Waals surface area contributed by atoms with Gasteiger partial charge in [0.1, 0.15) is 11.6 Å². The molecule has 1 aliphatic heterocycles. The molecule has 1 aliphatic rings. The topological polar surface area (TPSA) is 104 Å². The van der Waals surface area contributed by atoms with Crippen LogP contribution in [0.1, 0.15) is 11.1 Å². The zero-order chi connectivity index (χ0) is 22.9. The standard InChI is InChI=1S/C22H22ClN5O3S/c1-14-5-3-6-15(2)21(14)22-16(23)9-10-17(25-22)27-32(30,31)20-8-4-7-18(26-20)28-12-11-24-19(29)13-28/h3-10H,11-13H2,1-2H3,(H,24,29)(H,25,27). The number of hydrogen-bond donors (Lipinski definition) is 2. The number of nitrogens with one attached hydrogen (secondary N) is 2. The first-order valence-electron chi connectivity index (χ1n) is 9.99. The van der Waals surface area contributed by atoms with Crippen molar-refractivity contribution < 1.29 is 13.2 Å². The highest BCUT2D eigenvalue weighted by molar-refractivity contribution is 7.92. The van der Waals surface area contributed by atoms with E-state index in [4.69, 9.17) is 11.6 Å². The van der Waals surface area contributed by atoms with E-state index < -0.39 is 10.0 Å². The molecular weight excluding hydrogens is 450 g/mol. The van der Waals surface area contributed by atoms with Crippen LogP contribution in [0.2, 0.25) is 5.02 Å². The lowest BCUT2D eigenvalue weighted by atomic mass is 9.99. The van der Waals surface area contributed by atoms with Crippen molar-refractivity contribution in [1.29, 1.82) is 0 Å². The van der Waals surface area contributed by atoms with Crippen molar-refractivity contribution in [2.45, 2.75) is 18.9 Å². The third-order valence-corrected chi connectivity index (χ3v) is 6.71. The van der Waals surface area contributed by atoms with Gasteiger partial charge in [-0.05, 0) is 49.2 Å². The third-order valence-electron chi connectivity index (χ3n) is 5.15. The Hall–Kier alpha value is -3.17. The molecule has 166 valence electrons. The van der Waals surface area contributed by atoms with Gasteiger partial charge in [0, 0.05) is 18.7 Å². The molecule has 0 bridgehead atoms. The molecule has 0 spiro atoms. The van der Waals surface area contributed by atoms with Crippen LogP contribution in [-0.4, -0.2) is 43.9 Å². The van der Waals surface area contributed by atoms with Crippen molar-refractivity contribution in [1.82, 2.24) is 15.3 Å². The van der Waals surface area contributed by atoms with Crippen molar-refractivity contribution in [2.24, 2.45) is 0 Å². The average molecular weight is 472 g/mol. The molecule has 2 aromatic heterocycles. The maximum Gasteiger partial charge on any atom is 0.280 e. The Morgan fingerprint density at radius 2 is 1.75 bits per heavy atom. The zero-order valence-electron chi connectivity index (χ0n) is 17.6. The quantitative estimate of drug-likeness (QED) is 0.592. The summed E-state index contributed by atoms with van der Waals surface area (Å²) >= 11 is 6.39. The van der Waals surface area contributed by atoms with Crippen LogP contribution in [0.25, 0.3) is 11.3 Å². The molecule has 0 saturated carbocycles. The van der Waals surface area contributed by atoms with Crippen LogP contribution in [0.15, 0.2) is 53.6 Å². The number of piperazine rings is 1. The number of aromatic nitrogens is 2. The molecule has 0 radical (unpaired) electrons. The van der Waals surface area contributed by atoms with E-state index in [-0.39, 0.29) is 23.3 Å². The largest absolute Gasteiger partial charge is 0.353 e. The number of carbonyl (C=O) groups excluding carboxylic acids is 1. The molecule has 1 saturated heterocycles. The number of rotatable bonds is 5. The van der Waals surface area contributed by atoms with Crippen LogP contribution in [0.5, 0.6) is 0 Å². The Kier molecular flexibility index (Phi) is 6.03. The second-order valence-electron chi connectivity index (χ2n) is 7.50. The van der Waals surface area contributed by atoms with Crippen LogP contribution in [0.3, 0.4) is 0 Å². The monoisotopic (exact) mass is 471 g/mol. The number of pyridine rings is 2. The van der Waals surface area contributed by atoms with E-state index in [9.17, 15) is 13.2 Å². The molecule has 0 atom stereocenters. The number of hydrogen-bond acceptors (Lipinski definition) is 6. The third kappa shape index (κ3) is 4.53. The van der Waals surface area contributed by atoms with Gasteiger partial charge in [-0.3, -0.25) is 9.52 Å². The van der Waals surface area contributed by atoms with Gasteiger partial charge in [0.25, 0.3) is 10.0 Å². The van der Waals surface area contributed by atoms with E-state index in [0.717, 1.165) is 16.7 Å². The number of aryl methyl sites for hydroxylation is 2. The smallest absolute Gasteiger partial charge is 0.280 e. The summed E-state index contributed by atoms with van der Waals surface area (Å²) in [5.41, 5.74) is 3.34. The first-order chi connectivity index (χ1) is 15.2. The fraction of sp³-hybridized carbons (Fsp3) is 0.227. The van der Waals surface area contributed by atoms with E-state index >= 15 is 0 Å². The molecular formula is C22H22ClN5O3S. The SMILES string of the molecule is Cc1cccc(C)c1-c1nc(NS(=O)(=O)c2cccc(N3CCNC(=O)C3)n2)ccc1Cl. The molecule has 1 aromatic carbocycles. The molecule has 10 heteroatoms. The Labute approximate surface area is 191 Å². The first kappa shape index (κ1) is 22.0. The summed E-state index contributed by atoms with van der Waals surface area (Å²) in [6.45, 7) is 5.06. The van der Waals surface area contributed by atoms with Gasteiger partial charge in [-0.2, -0.15) is 8.42 Å². The van der Waals surface area contributed by atoms with Gasteiger partial charge in [-0.25, -0.2) is 9.97 Å². The van der Waals surface area contributed by atoms with Gasteiger partial charge < -0.3 is 10.2 Å². The number of carbonyl (C=O) groups is 1. The predicted molar refractivity (Wildman–Crippen MR) is 124 cm³/mol. The summed E-state index contributed by atoms with van der Waals surface area (Å²) in [6, 6.07) is 13.6. The van der Waals surface area contributed by atoms with Crippen LogP contribution in [0, 0.1) is 13.8 Å². The summed E-state index contributed by atoms with van der Waals surface area (Å²) in [5, 5.41) is 3.00. The van der Waals surface area contributed by atoms with Gasteiger partial charge >= 0.3 is 0 Å². The number of halogens is 1. The fourth-order valence-corrected chi connectivity index (χ4v) is 4.78. The second kappa shape index (κ2) is 8.76. The van der Waals surface area contributed by atoms with Crippen molar-refractivity contribution in [3.63, 3.8) is 0 Å². The number of sulfonamides is 1. The zero-order valence-corrected chi connectivity index (χ0v) is 19.2. The Morgan fingerprint density at radius 1 is 1.03 bits per heavy atom. The second-order valence-corrected chi connectivity index (χ2v) is 9.54. The van der Waals surface area contributed by atoms with Crippen molar-refractivity contribution in [2.75, 3.05) is 29.3 Å². The summed E-state index contributed by atoms with van der Waals surface area (Å²) in [4.78, 5) is 22.1. The van der Waals surface area contributed by atoms with E-state index in [1.54, 1.807) is 23.1 Å². The number of anilines is 2. The maximum atomic E-state index is 13.0. The van der Waals surface area contributed by atoms with E-state index in [1.165, 1.54) is 12.1 Å². The lowest BCUT2D eigenvalue weighted by molar-refractivity contribution is -0.120. The molecule has 0 unspecified atom stereocenters. The Bertz CT molecular complexity index is 1280. The summed E-state index contributed by atoms with van der Waals surface area (Å²) < 4.78 is 28.5. The minimum atomic E-state index is -4.01. The molecule has 0 aliphatic carbocycles. The predicted octanol–water partition coefficient (Wildman–Crippen LogP) is 3.15. The normalized spacial score (nSPS) is 14.2. The highest BCUT2D eigenvalue weighted by Gasteiger charge is 2.22. The summed E-state index contributed by atoms with van der Waals surface area (Å²) in [6.07, 6.45) is 0. The fourth-order valence-electron chi connectivity index (χ4n) is 3.62. The molecule has 1 fully saturated rings. The molecule has 2 N–H and O–H groups in total. The molecule has 8 nitrogen and oxygen atoms in total. The van der Waals surface area contributed by atoms with Gasteiger partial charge in [0.2, 0.25) is 5.91 Å². The van der Waals surface area contributed by atoms with E-state index in [1.807, 2.05) is 32.0 Å². The van der Waals surface area contributed by atoms with Crippen LogP contribution in [-0.2, 0) is 14.8 Å². The summed E-state index contributed by atoms with van der Waals surface area (Å²) in [5.74, 6) is 0.424. The lowest BCUT2D eigenvalue weighted by Gasteiger charge is -2.27.